The van der Waals surface area contributed by atoms with Crippen molar-refractivity contribution in [1.82, 2.24) is 4.90 Å². The number of rotatable bonds is 2. The predicted molar refractivity (Wildman–Crippen MR) is 87.1 cm³/mol. The van der Waals surface area contributed by atoms with Crippen LogP contribution in [0.1, 0.15) is 36.8 Å². The van der Waals surface area contributed by atoms with Crippen LogP contribution in [0.25, 0.3) is 0 Å². The van der Waals surface area contributed by atoms with Crippen LogP contribution in [-0.4, -0.2) is 23.8 Å². The predicted octanol–water partition coefficient (Wildman–Crippen LogP) is 3.70. The summed E-state index contributed by atoms with van der Waals surface area (Å²) in [6, 6.07) is 7.87. The number of nitrogens with zero attached hydrogens (tertiary/aromatic N) is 1. The number of aryl methyl sites for hydroxylation is 1. The maximum absolute atomic E-state index is 12.2. The van der Waals surface area contributed by atoms with Gasteiger partial charge in [0.15, 0.2) is 0 Å². The van der Waals surface area contributed by atoms with Crippen molar-refractivity contribution in [2.45, 2.75) is 18.2 Å². The minimum atomic E-state index is -0.217. The lowest BCUT2D eigenvalue weighted by Crippen LogP contribution is -2.39. The minimum absolute atomic E-state index is 0.0681. The van der Waals surface area contributed by atoms with Crippen LogP contribution in [0.4, 0.5) is 0 Å². The van der Waals surface area contributed by atoms with E-state index in [1.54, 1.807) is 11.3 Å². The average molecular weight is 364 g/mol. The number of fused-ring (bicyclic) bond motifs is 1. The van der Waals surface area contributed by atoms with Gasteiger partial charge in [0.1, 0.15) is 0 Å². The summed E-state index contributed by atoms with van der Waals surface area (Å²) in [6.45, 7) is 2.08. The zero-order valence-electron chi connectivity index (χ0n) is 11.7. The Bertz CT molecular complexity index is 738. The molecule has 0 saturated heterocycles. The minimum Gasteiger partial charge on any atom is -0.281 e. The number of carbonyl (C=O) groups excluding carboxylic acids is 2. The van der Waals surface area contributed by atoms with Crippen LogP contribution in [0.3, 0.4) is 0 Å². The summed E-state index contributed by atoms with van der Waals surface area (Å²) in [4.78, 5) is 26.5. The lowest BCUT2D eigenvalue weighted by atomic mass is 9.95. The molecule has 3 nitrogen and oxygen atoms in total. The first-order valence-corrected chi connectivity index (χ1v) is 8.40. The molecular formula is C16H14BrNO2S. The van der Waals surface area contributed by atoms with Gasteiger partial charge in [-0.15, -0.1) is 11.3 Å². The normalized spacial score (nSPS) is 16.0. The van der Waals surface area contributed by atoms with Gasteiger partial charge in [-0.05, 0) is 41.1 Å². The van der Waals surface area contributed by atoms with E-state index >= 15 is 0 Å². The Morgan fingerprint density at radius 1 is 1.29 bits per heavy atom. The second kappa shape index (κ2) is 5.39. The molecule has 2 amide bonds. The fourth-order valence-electron chi connectivity index (χ4n) is 2.48. The molecule has 0 radical (unpaired) electrons. The number of imide groups is 1. The second-order valence-corrected chi connectivity index (χ2v) is 7.05. The lowest BCUT2D eigenvalue weighted by Gasteiger charge is -2.24. The maximum atomic E-state index is 12.2. The van der Waals surface area contributed by atoms with Crippen molar-refractivity contribution >= 4 is 39.1 Å². The van der Waals surface area contributed by atoms with E-state index in [9.17, 15) is 9.59 Å². The summed E-state index contributed by atoms with van der Waals surface area (Å²) >= 11 is 5.41. The molecule has 0 bridgehead atoms. The Morgan fingerprint density at radius 3 is 2.71 bits per heavy atom. The Balaban J connectivity index is 2.02. The van der Waals surface area contributed by atoms with E-state index in [2.05, 4.69) is 34.3 Å². The summed E-state index contributed by atoms with van der Waals surface area (Å²) in [5, 5.41) is 2.06. The fourth-order valence-corrected chi connectivity index (χ4v) is 4.37. The van der Waals surface area contributed by atoms with Crippen LogP contribution in [-0.2, 0) is 11.2 Å². The topological polar surface area (TPSA) is 37.4 Å². The van der Waals surface area contributed by atoms with E-state index in [0.717, 1.165) is 11.1 Å². The van der Waals surface area contributed by atoms with Crippen LogP contribution in [0.15, 0.2) is 29.6 Å². The molecule has 0 saturated carbocycles. The number of benzene rings is 1. The highest BCUT2D eigenvalue weighted by Gasteiger charge is 2.28. The van der Waals surface area contributed by atoms with E-state index in [1.165, 1.54) is 22.4 Å². The molecule has 2 heterocycles. The van der Waals surface area contributed by atoms with E-state index in [4.69, 9.17) is 0 Å². The average Bonchev–Trinajstić information content (AvgIpc) is 2.90. The number of likely N-dealkylation sites (N-methyl/N-ethyl adjacent to an activating group) is 1. The third kappa shape index (κ3) is 2.45. The molecule has 1 atom stereocenters. The maximum Gasteiger partial charge on any atom is 0.260 e. The summed E-state index contributed by atoms with van der Waals surface area (Å²) in [5.41, 5.74) is 3.72. The SMILES string of the molecule is Cc1ccsc1C(Br)c1ccc2c(c1)C(=O)N(C)C(=O)C2. The second-order valence-electron chi connectivity index (χ2n) is 5.18. The largest absolute Gasteiger partial charge is 0.281 e. The first-order valence-electron chi connectivity index (χ1n) is 6.61. The molecule has 1 aliphatic rings. The van der Waals surface area contributed by atoms with Gasteiger partial charge in [0.2, 0.25) is 5.91 Å². The Labute approximate surface area is 135 Å². The lowest BCUT2D eigenvalue weighted by molar-refractivity contribution is -0.127. The molecular weight excluding hydrogens is 350 g/mol. The highest BCUT2D eigenvalue weighted by Crippen LogP contribution is 2.37. The number of alkyl halides is 1. The van der Waals surface area contributed by atoms with Gasteiger partial charge in [0.05, 0.1) is 11.2 Å². The molecule has 0 spiro atoms. The molecule has 1 aromatic carbocycles. The molecule has 108 valence electrons. The van der Waals surface area contributed by atoms with E-state index in [1.807, 2.05) is 18.2 Å². The smallest absolute Gasteiger partial charge is 0.260 e. The summed E-state index contributed by atoms with van der Waals surface area (Å²) < 4.78 is 0. The van der Waals surface area contributed by atoms with Crippen molar-refractivity contribution in [3.8, 4) is 0 Å². The van der Waals surface area contributed by atoms with Crippen LogP contribution < -0.4 is 0 Å². The van der Waals surface area contributed by atoms with Crippen molar-refractivity contribution < 1.29 is 9.59 Å². The number of hydrogen-bond donors (Lipinski definition) is 0. The number of thiophene rings is 1. The van der Waals surface area contributed by atoms with Crippen molar-refractivity contribution in [2.24, 2.45) is 0 Å². The molecule has 21 heavy (non-hydrogen) atoms. The number of hydrogen-bond acceptors (Lipinski definition) is 3. The van der Waals surface area contributed by atoms with Gasteiger partial charge in [-0.2, -0.15) is 0 Å². The Hall–Kier alpha value is -1.46. The first kappa shape index (κ1) is 14.5. The van der Waals surface area contributed by atoms with Crippen LogP contribution in [0.2, 0.25) is 0 Å². The Kier molecular flexibility index (Phi) is 3.71. The van der Waals surface area contributed by atoms with E-state index in [0.29, 0.717) is 12.0 Å². The van der Waals surface area contributed by atoms with Crippen LogP contribution in [0, 0.1) is 6.92 Å². The van der Waals surface area contributed by atoms with Crippen molar-refractivity contribution in [2.75, 3.05) is 7.05 Å². The van der Waals surface area contributed by atoms with Gasteiger partial charge in [-0.3, -0.25) is 14.5 Å². The number of halogens is 1. The third-order valence-electron chi connectivity index (χ3n) is 3.81. The molecule has 1 unspecified atom stereocenters. The quantitative estimate of drug-likeness (QED) is 0.602. The molecule has 0 aliphatic carbocycles. The molecule has 2 aromatic rings. The molecule has 3 rings (SSSR count). The van der Waals surface area contributed by atoms with Crippen molar-refractivity contribution in [3.63, 3.8) is 0 Å². The van der Waals surface area contributed by atoms with Crippen molar-refractivity contribution in [1.29, 1.82) is 0 Å². The zero-order chi connectivity index (χ0) is 15.1. The van der Waals surface area contributed by atoms with E-state index < -0.39 is 0 Å². The van der Waals surface area contributed by atoms with Gasteiger partial charge >= 0.3 is 0 Å². The van der Waals surface area contributed by atoms with Gasteiger partial charge in [0.25, 0.3) is 5.91 Å². The molecule has 5 heteroatoms. The standard InChI is InChI=1S/C16H14BrNO2S/c1-9-5-6-21-15(9)14(17)11-4-3-10-8-13(19)18(2)16(20)12(10)7-11/h3-7,14H,8H2,1-2H3. The third-order valence-corrected chi connectivity index (χ3v) is 6.18. The van der Waals surface area contributed by atoms with Gasteiger partial charge in [-0.1, -0.05) is 28.1 Å². The highest BCUT2D eigenvalue weighted by atomic mass is 79.9. The number of carbonyl (C=O) groups is 2. The molecule has 1 aliphatic heterocycles. The van der Waals surface area contributed by atoms with Gasteiger partial charge in [-0.25, -0.2) is 0 Å². The van der Waals surface area contributed by atoms with Gasteiger partial charge in [0, 0.05) is 17.5 Å². The van der Waals surface area contributed by atoms with Gasteiger partial charge < -0.3 is 0 Å². The fraction of sp³-hybridized carbons (Fsp3) is 0.250. The summed E-state index contributed by atoms with van der Waals surface area (Å²) in [6.07, 6.45) is 0.294. The molecule has 1 aromatic heterocycles. The molecule has 0 N–H and O–H groups in total. The first-order chi connectivity index (χ1) is 9.99. The van der Waals surface area contributed by atoms with Crippen molar-refractivity contribution in [3.05, 3.63) is 56.8 Å². The zero-order valence-corrected chi connectivity index (χ0v) is 14.1. The highest BCUT2D eigenvalue weighted by molar-refractivity contribution is 9.09. The monoisotopic (exact) mass is 363 g/mol. The summed E-state index contributed by atoms with van der Waals surface area (Å²) in [7, 11) is 1.54. The number of amides is 2. The molecule has 0 fully saturated rings. The van der Waals surface area contributed by atoms with E-state index in [-0.39, 0.29) is 16.6 Å². The Morgan fingerprint density at radius 2 is 2.05 bits per heavy atom. The van der Waals surface area contributed by atoms with Crippen LogP contribution >= 0.6 is 27.3 Å². The van der Waals surface area contributed by atoms with Crippen LogP contribution in [0.5, 0.6) is 0 Å². The summed E-state index contributed by atoms with van der Waals surface area (Å²) in [5.74, 6) is -0.365.